The van der Waals surface area contributed by atoms with Crippen molar-refractivity contribution in [2.75, 3.05) is 12.0 Å². The Hall–Kier alpha value is -3.86. The number of rotatable bonds is 5. The second kappa shape index (κ2) is 8.02. The van der Waals surface area contributed by atoms with Crippen LogP contribution in [0.3, 0.4) is 0 Å². The average molecular weight is 384 g/mol. The minimum Gasteiger partial charge on any atom is -0.495 e. The molecule has 4 rings (SSSR count). The lowest BCUT2D eigenvalue weighted by Crippen LogP contribution is -2.33. The number of hydrogen-bond acceptors (Lipinski definition) is 3. The van der Waals surface area contributed by atoms with Crippen molar-refractivity contribution in [2.45, 2.75) is 6.54 Å². The van der Waals surface area contributed by atoms with Gasteiger partial charge < -0.3 is 14.6 Å². The number of ether oxygens (including phenoxy) is 1. The zero-order chi connectivity index (χ0) is 20.2. The van der Waals surface area contributed by atoms with Gasteiger partial charge in [0, 0.05) is 16.6 Å². The molecule has 0 saturated carbocycles. The van der Waals surface area contributed by atoms with E-state index < -0.39 is 0 Å². The molecule has 0 saturated heterocycles. The van der Waals surface area contributed by atoms with Gasteiger partial charge in [-0.3, -0.25) is 9.59 Å². The van der Waals surface area contributed by atoms with Gasteiger partial charge in [-0.2, -0.15) is 0 Å². The average Bonchev–Trinajstić information content (AvgIpc) is 2.77. The standard InChI is InChI=1S/C24H20N2O3/c1-29-22-14-8-7-13-21(22)26(24(28)17-9-3-2-4-10-17)16-19-15-18-11-5-6-12-20(18)25-23(19)27/h2-15H,16H2,1H3,(H,25,27). The van der Waals surface area contributed by atoms with Crippen LogP contribution in [0.2, 0.25) is 0 Å². The number of fused-ring (bicyclic) bond motifs is 1. The fourth-order valence-corrected chi connectivity index (χ4v) is 3.34. The van der Waals surface area contributed by atoms with Crippen LogP contribution in [0.25, 0.3) is 10.9 Å². The minimum atomic E-state index is -0.218. The second-order valence-corrected chi connectivity index (χ2v) is 6.64. The Labute approximate surface area is 168 Å². The predicted molar refractivity (Wildman–Crippen MR) is 115 cm³/mol. The third-order valence-electron chi connectivity index (χ3n) is 4.80. The molecule has 0 unspecified atom stereocenters. The van der Waals surface area contributed by atoms with E-state index in [9.17, 15) is 9.59 Å². The number of amides is 1. The summed E-state index contributed by atoms with van der Waals surface area (Å²) >= 11 is 0. The first-order valence-electron chi connectivity index (χ1n) is 9.28. The van der Waals surface area contributed by atoms with Crippen molar-refractivity contribution < 1.29 is 9.53 Å². The van der Waals surface area contributed by atoms with Crippen molar-refractivity contribution in [3.05, 3.63) is 106 Å². The monoisotopic (exact) mass is 384 g/mol. The van der Waals surface area contributed by atoms with Gasteiger partial charge in [0.15, 0.2) is 0 Å². The Kier molecular flexibility index (Phi) is 5.12. The molecule has 1 N–H and O–H groups in total. The maximum Gasteiger partial charge on any atom is 0.258 e. The molecule has 3 aromatic carbocycles. The lowest BCUT2D eigenvalue weighted by molar-refractivity contribution is 0.0984. The quantitative estimate of drug-likeness (QED) is 0.555. The highest BCUT2D eigenvalue weighted by atomic mass is 16.5. The lowest BCUT2D eigenvalue weighted by Gasteiger charge is -2.24. The summed E-state index contributed by atoms with van der Waals surface area (Å²) < 4.78 is 5.47. The Morgan fingerprint density at radius 2 is 1.62 bits per heavy atom. The predicted octanol–water partition coefficient (Wildman–Crippen LogP) is 4.38. The van der Waals surface area contributed by atoms with Crippen molar-refractivity contribution in [3.63, 3.8) is 0 Å². The van der Waals surface area contributed by atoms with Crippen LogP contribution in [0.5, 0.6) is 5.75 Å². The highest BCUT2D eigenvalue weighted by Gasteiger charge is 2.22. The molecule has 0 aliphatic rings. The number of aromatic nitrogens is 1. The van der Waals surface area contributed by atoms with Gasteiger partial charge in [0.1, 0.15) is 5.75 Å². The fraction of sp³-hybridized carbons (Fsp3) is 0.0833. The normalized spacial score (nSPS) is 10.7. The smallest absolute Gasteiger partial charge is 0.258 e. The van der Waals surface area contributed by atoms with Crippen LogP contribution in [-0.2, 0) is 6.54 Å². The molecule has 0 aliphatic heterocycles. The fourth-order valence-electron chi connectivity index (χ4n) is 3.34. The second-order valence-electron chi connectivity index (χ2n) is 6.64. The number of carbonyl (C=O) groups is 1. The molecule has 0 radical (unpaired) electrons. The third-order valence-corrected chi connectivity index (χ3v) is 4.80. The highest BCUT2D eigenvalue weighted by molar-refractivity contribution is 6.06. The number of pyridine rings is 1. The van der Waals surface area contributed by atoms with Gasteiger partial charge in [-0.25, -0.2) is 0 Å². The van der Waals surface area contributed by atoms with Crippen molar-refractivity contribution in [1.82, 2.24) is 4.98 Å². The Bertz CT molecular complexity index is 1220. The van der Waals surface area contributed by atoms with Crippen LogP contribution < -0.4 is 15.2 Å². The summed E-state index contributed by atoms with van der Waals surface area (Å²) in [7, 11) is 1.56. The maximum absolute atomic E-state index is 13.4. The maximum atomic E-state index is 13.4. The highest BCUT2D eigenvalue weighted by Crippen LogP contribution is 2.30. The molecular weight excluding hydrogens is 364 g/mol. The minimum absolute atomic E-state index is 0.119. The van der Waals surface area contributed by atoms with E-state index in [1.165, 1.54) is 0 Å². The summed E-state index contributed by atoms with van der Waals surface area (Å²) in [5, 5.41) is 0.911. The van der Waals surface area contributed by atoms with Crippen LogP contribution in [0.1, 0.15) is 15.9 Å². The number of aromatic amines is 1. The van der Waals surface area contributed by atoms with Gasteiger partial charge in [0.2, 0.25) is 0 Å². The summed E-state index contributed by atoms with van der Waals surface area (Å²) in [6.45, 7) is 0.119. The molecule has 29 heavy (non-hydrogen) atoms. The first-order valence-corrected chi connectivity index (χ1v) is 9.28. The molecule has 1 heterocycles. The number of anilines is 1. The first-order chi connectivity index (χ1) is 14.2. The third kappa shape index (κ3) is 3.75. The lowest BCUT2D eigenvalue weighted by atomic mass is 10.1. The summed E-state index contributed by atoms with van der Waals surface area (Å²) in [5.41, 5.74) is 2.19. The number of nitrogens with zero attached hydrogens (tertiary/aromatic N) is 1. The molecule has 5 heteroatoms. The van der Waals surface area contributed by atoms with Gasteiger partial charge in [-0.1, -0.05) is 48.5 Å². The number of nitrogens with one attached hydrogen (secondary N) is 1. The van der Waals surface area contributed by atoms with E-state index >= 15 is 0 Å². The Morgan fingerprint density at radius 1 is 0.931 bits per heavy atom. The zero-order valence-corrected chi connectivity index (χ0v) is 16.0. The van der Waals surface area contributed by atoms with Gasteiger partial charge in [-0.05, 0) is 41.8 Å². The molecule has 0 fully saturated rings. The molecule has 0 atom stereocenters. The van der Waals surface area contributed by atoms with Crippen LogP contribution in [0.15, 0.2) is 89.7 Å². The zero-order valence-electron chi connectivity index (χ0n) is 16.0. The molecule has 1 amide bonds. The Morgan fingerprint density at radius 3 is 2.41 bits per heavy atom. The molecule has 5 nitrogen and oxygen atoms in total. The van der Waals surface area contributed by atoms with Crippen LogP contribution in [-0.4, -0.2) is 18.0 Å². The summed E-state index contributed by atoms with van der Waals surface area (Å²) in [5.74, 6) is 0.358. The van der Waals surface area contributed by atoms with Gasteiger partial charge in [0.05, 0.1) is 19.3 Å². The van der Waals surface area contributed by atoms with E-state index in [1.54, 1.807) is 30.2 Å². The van der Waals surface area contributed by atoms with Crippen molar-refractivity contribution in [1.29, 1.82) is 0 Å². The van der Waals surface area contributed by atoms with E-state index in [0.29, 0.717) is 22.6 Å². The van der Waals surface area contributed by atoms with Crippen LogP contribution >= 0.6 is 0 Å². The summed E-state index contributed by atoms with van der Waals surface area (Å²) in [6.07, 6.45) is 0. The van der Waals surface area contributed by atoms with E-state index in [-0.39, 0.29) is 18.0 Å². The molecular formula is C24H20N2O3. The van der Waals surface area contributed by atoms with E-state index in [0.717, 1.165) is 10.9 Å². The van der Waals surface area contributed by atoms with Gasteiger partial charge >= 0.3 is 0 Å². The number of carbonyl (C=O) groups excluding carboxylic acids is 1. The van der Waals surface area contributed by atoms with Crippen molar-refractivity contribution in [2.24, 2.45) is 0 Å². The van der Waals surface area contributed by atoms with Crippen LogP contribution in [0, 0.1) is 0 Å². The Balaban J connectivity index is 1.82. The molecule has 1 aromatic heterocycles. The number of benzene rings is 3. The van der Waals surface area contributed by atoms with Gasteiger partial charge in [-0.15, -0.1) is 0 Å². The number of methoxy groups -OCH3 is 1. The number of para-hydroxylation sites is 3. The van der Waals surface area contributed by atoms with Crippen molar-refractivity contribution >= 4 is 22.5 Å². The molecule has 0 spiro atoms. The molecule has 144 valence electrons. The SMILES string of the molecule is COc1ccccc1N(Cc1cc2ccccc2[nH]c1=O)C(=O)c1ccccc1. The summed E-state index contributed by atoms with van der Waals surface area (Å²) in [4.78, 5) is 30.5. The molecule has 0 bridgehead atoms. The number of H-pyrrole nitrogens is 1. The molecule has 4 aromatic rings. The summed E-state index contributed by atoms with van der Waals surface area (Å²) in [6, 6.07) is 25.7. The van der Waals surface area contributed by atoms with Crippen LogP contribution in [0.4, 0.5) is 5.69 Å². The van der Waals surface area contributed by atoms with Gasteiger partial charge in [0.25, 0.3) is 11.5 Å². The number of hydrogen-bond donors (Lipinski definition) is 1. The largest absolute Gasteiger partial charge is 0.495 e. The van der Waals surface area contributed by atoms with E-state index in [1.807, 2.05) is 66.7 Å². The van der Waals surface area contributed by atoms with E-state index in [4.69, 9.17) is 4.74 Å². The van der Waals surface area contributed by atoms with E-state index in [2.05, 4.69) is 4.98 Å². The van der Waals surface area contributed by atoms with Crippen molar-refractivity contribution in [3.8, 4) is 5.75 Å². The first kappa shape index (κ1) is 18.5. The topological polar surface area (TPSA) is 62.4 Å². The molecule has 0 aliphatic carbocycles.